The lowest BCUT2D eigenvalue weighted by molar-refractivity contribution is -0.117. The minimum Gasteiger partial charge on any atom is -0.467 e. The second kappa shape index (κ2) is 10.8. The molecule has 3 rings (SSSR count). The Kier molecular flexibility index (Phi) is 8.11. The zero-order valence-electron chi connectivity index (χ0n) is 17.1. The molecule has 0 unspecified atom stereocenters. The molecule has 3 amide bonds. The Labute approximate surface area is 182 Å². The average Bonchev–Trinajstić information content (AvgIpc) is 3.23. The summed E-state index contributed by atoms with van der Waals surface area (Å²) in [5, 5.41) is 4.55. The second-order valence-corrected chi connectivity index (χ2v) is 7.43. The lowest BCUT2D eigenvalue weighted by Crippen LogP contribution is -2.35. The summed E-state index contributed by atoms with van der Waals surface area (Å²) in [6.45, 7) is 1.84. The van der Waals surface area contributed by atoms with Crippen molar-refractivity contribution in [3.63, 3.8) is 0 Å². The van der Waals surface area contributed by atoms with Crippen molar-refractivity contribution in [3.05, 3.63) is 35.7 Å². The normalized spacial score (nSPS) is 12.2. The number of aliphatic imine (C=N–C) groups is 1. The number of rotatable bonds is 5. The van der Waals surface area contributed by atoms with Gasteiger partial charge in [0.05, 0.1) is 26.1 Å². The van der Waals surface area contributed by atoms with E-state index < -0.39 is 26.9 Å². The maximum Gasteiger partial charge on any atom is 0.339 e. The molecule has 2 heterocycles. The molecule has 1 aromatic heterocycles. The second-order valence-electron chi connectivity index (χ2n) is 5.78. The lowest BCUT2D eigenvalue weighted by atomic mass is 10.2. The molecule has 0 radical (unpaired) electrons. The number of hydrogen-bond donors (Lipinski definition) is 3. The van der Waals surface area contributed by atoms with Crippen LogP contribution in [-0.4, -0.2) is 68.4 Å². The number of nitrogens with zero attached hydrogens (tertiary/aromatic N) is 4. The fourth-order valence-corrected chi connectivity index (χ4v) is 3.28. The van der Waals surface area contributed by atoms with E-state index in [-0.39, 0.29) is 29.3 Å². The molecule has 0 spiro atoms. The summed E-state index contributed by atoms with van der Waals surface area (Å²) >= 11 is 0. The topological polar surface area (TPSA) is 191 Å². The summed E-state index contributed by atoms with van der Waals surface area (Å²) in [6.07, 6.45) is 1.41. The number of nitrogens with one attached hydrogen (secondary N) is 3. The first-order valence-electron chi connectivity index (χ1n) is 8.71. The van der Waals surface area contributed by atoms with E-state index in [1.165, 1.54) is 38.6 Å². The maximum absolute atomic E-state index is 12.4. The monoisotopic (exact) mass is 465 g/mol. The van der Waals surface area contributed by atoms with Crippen LogP contribution in [0.15, 0.2) is 34.2 Å². The van der Waals surface area contributed by atoms with Crippen LogP contribution in [0.2, 0.25) is 0 Å². The minimum atomic E-state index is -4.36. The summed E-state index contributed by atoms with van der Waals surface area (Å²) in [5.74, 6) is -0.825. The number of carbonyl (C=O) groups excluding carboxylic acids is 3. The molecule has 0 fully saturated rings. The first-order chi connectivity index (χ1) is 15.2. The van der Waals surface area contributed by atoms with E-state index >= 15 is 0 Å². The molecule has 0 saturated carbocycles. The third-order valence-electron chi connectivity index (χ3n) is 3.50. The van der Waals surface area contributed by atoms with Crippen LogP contribution in [0, 0.1) is 6.92 Å². The van der Waals surface area contributed by atoms with Crippen LogP contribution < -0.4 is 20.1 Å². The average molecular weight is 465 g/mol. The summed E-state index contributed by atoms with van der Waals surface area (Å²) in [5.41, 5.74) is -0.215. The number of hydrogen-bond acceptors (Lipinski definition) is 11. The molecule has 0 saturated heterocycles. The van der Waals surface area contributed by atoms with Gasteiger partial charge in [-0.05, 0) is 19.1 Å². The van der Waals surface area contributed by atoms with Gasteiger partial charge in [0.2, 0.25) is 11.9 Å². The molecule has 3 N–H and O–H groups in total. The van der Waals surface area contributed by atoms with Crippen molar-refractivity contribution < 1.29 is 32.3 Å². The van der Waals surface area contributed by atoms with Crippen molar-refractivity contribution in [3.8, 4) is 6.01 Å². The number of carbonyl (C=O) groups is 3. The number of urea groups is 1. The molecule has 170 valence electrons. The van der Waals surface area contributed by atoms with Gasteiger partial charge in [0, 0.05) is 0 Å². The van der Waals surface area contributed by atoms with E-state index in [9.17, 15) is 22.8 Å². The van der Waals surface area contributed by atoms with Crippen LogP contribution in [0.3, 0.4) is 0 Å². The molecule has 1 aromatic carbocycles. The molecular weight excluding hydrogens is 446 g/mol. The third-order valence-corrected chi connectivity index (χ3v) is 4.88. The number of amides is 3. The Morgan fingerprint density at radius 3 is 2.41 bits per heavy atom. The standard InChI is InChI=1S/C14H15N5O6S.C3H4N2O/c1-8-15-12(18-14(16-8)25-3)17-13(21)19-26(22,23)10-7-5-4-6-9(10)11(20)24-2;6-3-1-4-2-5-3/h4-7H,1-3H3,(H2,15,16,17,18,19,21);2H,1H2,(H,4,5,6). The molecule has 15 heteroatoms. The zero-order chi connectivity index (χ0) is 23.7. The van der Waals surface area contributed by atoms with Crippen LogP contribution in [0.5, 0.6) is 6.01 Å². The highest BCUT2D eigenvalue weighted by Crippen LogP contribution is 2.16. The number of aromatic nitrogens is 3. The fourth-order valence-electron chi connectivity index (χ4n) is 2.18. The van der Waals surface area contributed by atoms with Crippen molar-refractivity contribution in [1.29, 1.82) is 0 Å². The third kappa shape index (κ3) is 6.69. The first kappa shape index (κ1) is 24.1. The summed E-state index contributed by atoms with van der Waals surface area (Å²) in [4.78, 5) is 48.3. The molecule has 1 aliphatic heterocycles. The van der Waals surface area contributed by atoms with Crippen molar-refractivity contribution in [1.82, 2.24) is 25.0 Å². The van der Waals surface area contributed by atoms with Crippen molar-refractivity contribution in [2.24, 2.45) is 4.99 Å². The number of esters is 1. The van der Waals surface area contributed by atoms with Gasteiger partial charge in [-0.15, -0.1) is 0 Å². The van der Waals surface area contributed by atoms with Gasteiger partial charge in [-0.2, -0.15) is 15.0 Å². The Balaban J connectivity index is 0.000000520. The number of aryl methyl sites for hydroxylation is 1. The van der Waals surface area contributed by atoms with Gasteiger partial charge in [-0.3, -0.25) is 15.1 Å². The summed E-state index contributed by atoms with van der Waals surface area (Å²) in [6, 6.07) is 4.12. The molecule has 32 heavy (non-hydrogen) atoms. The molecule has 14 nitrogen and oxygen atoms in total. The van der Waals surface area contributed by atoms with Crippen LogP contribution in [0.4, 0.5) is 10.7 Å². The Hall–Kier alpha value is -4.14. The van der Waals surface area contributed by atoms with E-state index in [0.29, 0.717) is 6.54 Å². The highest BCUT2D eigenvalue weighted by molar-refractivity contribution is 7.90. The van der Waals surface area contributed by atoms with Gasteiger partial charge in [0.25, 0.3) is 10.0 Å². The highest BCUT2D eigenvalue weighted by atomic mass is 32.2. The molecule has 0 bridgehead atoms. The van der Waals surface area contributed by atoms with Crippen molar-refractivity contribution >= 4 is 40.2 Å². The highest BCUT2D eigenvalue weighted by Gasteiger charge is 2.25. The smallest absolute Gasteiger partial charge is 0.339 e. The van der Waals surface area contributed by atoms with Gasteiger partial charge in [0.15, 0.2) is 0 Å². The predicted molar refractivity (Wildman–Crippen MR) is 110 cm³/mol. The number of methoxy groups -OCH3 is 2. The Bertz CT molecular complexity index is 1140. The van der Waals surface area contributed by atoms with Gasteiger partial charge in [-0.1, -0.05) is 12.1 Å². The Morgan fingerprint density at radius 2 is 1.84 bits per heavy atom. The van der Waals surface area contributed by atoms with E-state index in [1.54, 1.807) is 4.72 Å². The van der Waals surface area contributed by atoms with E-state index in [0.717, 1.165) is 13.2 Å². The largest absolute Gasteiger partial charge is 0.467 e. The number of anilines is 1. The van der Waals surface area contributed by atoms with Crippen LogP contribution >= 0.6 is 0 Å². The zero-order valence-corrected chi connectivity index (χ0v) is 18.0. The van der Waals surface area contributed by atoms with Gasteiger partial charge in [0.1, 0.15) is 17.3 Å². The number of ether oxygens (including phenoxy) is 2. The van der Waals surface area contributed by atoms with E-state index in [4.69, 9.17) is 4.74 Å². The van der Waals surface area contributed by atoms with Crippen LogP contribution in [-0.2, 0) is 19.6 Å². The molecular formula is C17H19N7O7S. The van der Waals surface area contributed by atoms with E-state index in [1.807, 2.05) is 0 Å². The van der Waals surface area contributed by atoms with Gasteiger partial charge >= 0.3 is 18.0 Å². The van der Waals surface area contributed by atoms with Crippen molar-refractivity contribution in [2.45, 2.75) is 11.8 Å². The Morgan fingerprint density at radius 1 is 1.12 bits per heavy atom. The summed E-state index contributed by atoms with van der Waals surface area (Å²) < 4.78 is 36.0. The van der Waals surface area contributed by atoms with Crippen LogP contribution in [0.25, 0.3) is 0 Å². The maximum atomic E-state index is 12.4. The quantitative estimate of drug-likeness (QED) is 0.491. The van der Waals surface area contributed by atoms with Crippen LogP contribution in [0.1, 0.15) is 16.2 Å². The SMILES string of the molecule is COC(=O)c1ccccc1S(=O)(=O)NC(=O)Nc1nc(C)nc(OC)n1.O=C1CN=CN1. The number of sulfonamides is 1. The molecule has 0 atom stereocenters. The molecule has 1 aliphatic rings. The number of benzene rings is 1. The first-order valence-corrected chi connectivity index (χ1v) is 10.2. The van der Waals surface area contributed by atoms with Crippen molar-refractivity contribution in [2.75, 3.05) is 26.1 Å². The van der Waals surface area contributed by atoms with Gasteiger partial charge in [-0.25, -0.2) is 22.7 Å². The van der Waals surface area contributed by atoms with Gasteiger partial charge < -0.3 is 14.8 Å². The summed E-state index contributed by atoms with van der Waals surface area (Å²) in [7, 11) is -1.92. The minimum absolute atomic E-state index is 0.0185. The predicted octanol–water partition coefficient (Wildman–Crippen LogP) is -0.370. The lowest BCUT2D eigenvalue weighted by Gasteiger charge is -2.11. The van der Waals surface area contributed by atoms with E-state index in [2.05, 4.69) is 35.3 Å². The molecule has 2 aromatic rings. The molecule has 0 aliphatic carbocycles. The fraction of sp³-hybridized carbons (Fsp3) is 0.235.